The first-order chi connectivity index (χ1) is 22.3. The highest BCUT2D eigenvalue weighted by Gasteiger charge is 2.36. The molecule has 3 aliphatic heterocycles. The summed E-state index contributed by atoms with van der Waals surface area (Å²) in [6.07, 6.45) is 15.2. The van der Waals surface area contributed by atoms with Gasteiger partial charge in [0.2, 0.25) is 5.88 Å². The summed E-state index contributed by atoms with van der Waals surface area (Å²) in [4.78, 5) is 12.5. The molecule has 2 aromatic heterocycles. The number of nitrogens with two attached hydrogens (primary N) is 1. The molecule has 0 amide bonds. The van der Waals surface area contributed by atoms with Gasteiger partial charge in [0.05, 0.1) is 23.1 Å². The first kappa shape index (κ1) is 32.7. The van der Waals surface area contributed by atoms with Gasteiger partial charge in [0, 0.05) is 60.8 Å². The van der Waals surface area contributed by atoms with Gasteiger partial charge in [-0.3, -0.25) is 4.98 Å². The van der Waals surface area contributed by atoms with E-state index in [-0.39, 0.29) is 24.4 Å². The minimum absolute atomic E-state index is 0.109. The summed E-state index contributed by atoms with van der Waals surface area (Å²) >= 11 is 6.31. The quantitative estimate of drug-likeness (QED) is 0.171. The van der Waals surface area contributed by atoms with Crippen molar-refractivity contribution < 1.29 is 9.13 Å². The van der Waals surface area contributed by atoms with Crippen molar-refractivity contribution in [1.29, 1.82) is 5.41 Å². The molecule has 0 radical (unpaired) electrons. The number of benzene rings is 1. The molecule has 2 fully saturated rings. The molecule has 2 unspecified atom stereocenters. The molecule has 4 N–H and O–H groups in total. The van der Waals surface area contributed by atoms with Crippen LogP contribution < -0.4 is 25.6 Å². The van der Waals surface area contributed by atoms with Gasteiger partial charge in [0.1, 0.15) is 17.4 Å². The Bertz CT molecular complexity index is 1680. The molecule has 5 heterocycles. The molecular weight excluding hydrogens is 601 g/mol. The lowest BCUT2D eigenvalue weighted by atomic mass is 9.90. The van der Waals surface area contributed by atoms with E-state index in [4.69, 9.17) is 27.5 Å². The lowest BCUT2D eigenvalue weighted by Crippen LogP contribution is -2.35. The molecular formula is C36H39ClFN7O. The van der Waals surface area contributed by atoms with Crippen molar-refractivity contribution in [1.82, 2.24) is 15.3 Å². The van der Waals surface area contributed by atoms with Crippen LogP contribution in [0.5, 0.6) is 5.88 Å². The maximum absolute atomic E-state index is 16.2. The standard InChI is InChI=1S/C33H32ClFN6O.C3H7N/c1-21(2)28-19-41(25(16-37)8-4-10-36)31-15-32(30(35)14-27(31)22(28)3)40-18-24(23-7-5-11-38-17-23)13-26(40)20-42-33-29(34)9-6-12-39-33;1-2-4-3-1/h4-12,14-17,19,24,26,36H,1,3,13,18,20,37H2,2H3;4H,1-3H2/b8-4-,25-16+,36-10?;. The van der Waals surface area contributed by atoms with Gasteiger partial charge in [0.25, 0.3) is 0 Å². The van der Waals surface area contributed by atoms with Crippen LogP contribution >= 0.6 is 11.6 Å². The van der Waals surface area contributed by atoms with E-state index in [0.29, 0.717) is 45.7 Å². The summed E-state index contributed by atoms with van der Waals surface area (Å²) in [5.74, 6) is 0.0716. The average molecular weight is 640 g/mol. The van der Waals surface area contributed by atoms with Crippen molar-refractivity contribution in [3.8, 4) is 5.88 Å². The maximum Gasteiger partial charge on any atom is 0.232 e. The fraction of sp³-hybridized carbons (Fsp3) is 0.250. The minimum Gasteiger partial charge on any atom is -0.474 e. The van der Waals surface area contributed by atoms with E-state index in [1.165, 1.54) is 38.0 Å². The number of aromatic nitrogens is 2. The van der Waals surface area contributed by atoms with Crippen LogP contribution in [-0.2, 0) is 0 Å². The monoisotopic (exact) mass is 639 g/mol. The third kappa shape index (κ3) is 7.22. The smallest absolute Gasteiger partial charge is 0.232 e. The summed E-state index contributed by atoms with van der Waals surface area (Å²) < 4.78 is 22.2. The fourth-order valence-electron chi connectivity index (χ4n) is 5.64. The Morgan fingerprint density at radius 2 is 2.00 bits per heavy atom. The summed E-state index contributed by atoms with van der Waals surface area (Å²) in [7, 11) is 0. The second-order valence-electron chi connectivity index (χ2n) is 11.3. The summed E-state index contributed by atoms with van der Waals surface area (Å²) in [6, 6.07) is 10.6. The van der Waals surface area contributed by atoms with Crippen LogP contribution in [0.4, 0.5) is 15.8 Å². The molecule has 0 saturated carbocycles. The molecule has 3 aliphatic rings. The van der Waals surface area contributed by atoms with Gasteiger partial charge >= 0.3 is 0 Å². The van der Waals surface area contributed by atoms with Crippen LogP contribution in [0, 0.1) is 11.2 Å². The minimum atomic E-state index is -0.376. The van der Waals surface area contributed by atoms with E-state index in [1.54, 1.807) is 36.7 Å². The number of allylic oxidation sites excluding steroid dienone is 5. The second-order valence-corrected chi connectivity index (χ2v) is 11.7. The largest absolute Gasteiger partial charge is 0.474 e. The van der Waals surface area contributed by atoms with Crippen LogP contribution in [0.1, 0.15) is 36.8 Å². The maximum atomic E-state index is 16.2. The molecule has 2 saturated heterocycles. The molecule has 46 heavy (non-hydrogen) atoms. The zero-order valence-corrected chi connectivity index (χ0v) is 26.7. The first-order valence-electron chi connectivity index (χ1n) is 15.2. The summed E-state index contributed by atoms with van der Waals surface area (Å²) in [5, 5.41) is 11.0. The molecule has 8 nitrogen and oxygen atoms in total. The van der Waals surface area contributed by atoms with Crippen molar-refractivity contribution in [3.05, 3.63) is 132 Å². The van der Waals surface area contributed by atoms with Gasteiger partial charge in [-0.2, -0.15) is 0 Å². The second kappa shape index (κ2) is 15.0. The van der Waals surface area contributed by atoms with Crippen LogP contribution in [0.2, 0.25) is 5.02 Å². The van der Waals surface area contributed by atoms with Gasteiger partial charge in [-0.15, -0.1) is 0 Å². The molecule has 0 bridgehead atoms. The van der Waals surface area contributed by atoms with E-state index >= 15 is 4.39 Å². The number of pyridine rings is 2. The number of nitrogens with one attached hydrogen (secondary N) is 2. The van der Waals surface area contributed by atoms with Crippen LogP contribution in [0.15, 0.2) is 110 Å². The Labute approximate surface area is 275 Å². The molecule has 3 aromatic rings. The lowest BCUT2D eigenvalue weighted by Gasteiger charge is -2.34. The van der Waals surface area contributed by atoms with Crippen LogP contribution in [0.25, 0.3) is 5.57 Å². The average Bonchev–Trinajstić information content (AvgIpc) is 3.45. The molecule has 6 rings (SSSR count). The molecule has 0 spiro atoms. The highest BCUT2D eigenvalue weighted by molar-refractivity contribution is 6.31. The summed E-state index contributed by atoms with van der Waals surface area (Å²) in [5.41, 5.74) is 11.7. The third-order valence-electron chi connectivity index (χ3n) is 8.23. The molecule has 0 aliphatic carbocycles. The number of nitrogens with zero attached hydrogens (tertiary/aromatic N) is 4. The van der Waals surface area contributed by atoms with E-state index < -0.39 is 0 Å². The normalized spacial score (nSPS) is 19.2. The topological polar surface area (TPSA) is 103 Å². The van der Waals surface area contributed by atoms with Gasteiger partial charge in [-0.1, -0.05) is 30.8 Å². The number of ether oxygens (including phenoxy) is 1. The highest BCUT2D eigenvalue weighted by atomic mass is 35.5. The predicted molar refractivity (Wildman–Crippen MR) is 186 cm³/mol. The third-order valence-corrected chi connectivity index (χ3v) is 8.52. The van der Waals surface area contributed by atoms with Crippen molar-refractivity contribution in [2.24, 2.45) is 5.73 Å². The Morgan fingerprint density at radius 1 is 1.24 bits per heavy atom. The number of hydrogen-bond donors (Lipinski definition) is 3. The van der Waals surface area contributed by atoms with E-state index in [9.17, 15) is 0 Å². The Morgan fingerprint density at radius 3 is 2.63 bits per heavy atom. The molecule has 10 heteroatoms. The van der Waals surface area contributed by atoms with Gasteiger partial charge in [-0.05, 0) is 92.0 Å². The van der Waals surface area contributed by atoms with Crippen molar-refractivity contribution in [2.45, 2.75) is 31.7 Å². The number of fused-ring (bicyclic) bond motifs is 1. The zero-order chi connectivity index (χ0) is 32.6. The van der Waals surface area contributed by atoms with E-state index in [2.05, 4.69) is 28.4 Å². The molecule has 238 valence electrons. The van der Waals surface area contributed by atoms with E-state index in [0.717, 1.165) is 23.1 Å². The number of halogens is 2. The van der Waals surface area contributed by atoms with Crippen molar-refractivity contribution in [2.75, 3.05) is 36.0 Å². The van der Waals surface area contributed by atoms with Crippen LogP contribution in [0.3, 0.4) is 0 Å². The Hall–Kier alpha value is -4.73. The number of rotatable bonds is 9. The number of hydrogen-bond acceptors (Lipinski definition) is 8. The zero-order valence-electron chi connectivity index (χ0n) is 25.9. The predicted octanol–water partition coefficient (Wildman–Crippen LogP) is 6.99. The van der Waals surface area contributed by atoms with E-state index in [1.807, 2.05) is 47.3 Å². The molecule has 2 atom stereocenters. The van der Waals surface area contributed by atoms with Crippen molar-refractivity contribution >= 4 is 34.8 Å². The highest BCUT2D eigenvalue weighted by Crippen LogP contribution is 2.45. The van der Waals surface area contributed by atoms with Gasteiger partial charge in [0.15, 0.2) is 0 Å². The first-order valence-corrected chi connectivity index (χ1v) is 15.6. The Kier molecular flexibility index (Phi) is 10.7. The SMILES string of the molecule is C1CNC1.C=C(C)C1=CN(C(/C=C\C=N)=C/N)c2cc(N3CC(c4cccnc4)CC3COc3ncccc3Cl)c(F)cc2C1=C. The van der Waals surface area contributed by atoms with Crippen molar-refractivity contribution in [3.63, 3.8) is 0 Å². The fourth-order valence-corrected chi connectivity index (χ4v) is 5.81. The molecule has 1 aromatic carbocycles. The lowest BCUT2D eigenvalue weighted by molar-refractivity contribution is 0.277. The summed E-state index contributed by atoms with van der Waals surface area (Å²) in [6.45, 7) is 13.6. The van der Waals surface area contributed by atoms with Crippen LogP contribution in [-0.4, -0.2) is 48.5 Å². The number of anilines is 2. The Balaban J connectivity index is 0.000000966. The van der Waals surface area contributed by atoms with Gasteiger partial charge in [-0.25, -0.2) is 9.37 Å². The van der Waals surface area contributed by atoms with Gasteiger partial charge < -0.3 is 31.0 Å².